The van der Waals surface area contributed by atoms with Crippen molar-refractivity contribution in [2.45, 2.75) is 19.4 Å². The van der Waals surface area contributed by atoms with E-state index in [1.807, 2.05) is 49.4 Å². The molecule has 0 aromatic heterocycles. The summed E-state index contributed by atoms with van der Waals surface area (Å²) in [5.74, 6) is 2.35. The molecular formula is C26H27NO5. The van der Waals surface area contributed by atoms with Gasteiger partial charge in [-0.3, -0.25) is 4.79 Å². The number of carbonyl (C=O) groups is 1. The summed E-state index contributed by atoms with van der Waals surface area (Å²) >= 11 is 0. The average molecular weight is 434 g/mol. The lowest BCUT2D eigenvalue weighted by molar-refractivity contribution is 0.0935. The minimum atomic E-state index is -0.256. The van der Waals surface area contributed by atoms with E-state index in [0.29, 0.717) is 42.4 Å². The number of hydrogen-bond donors (Lipinski definition) is 1. The van der Waals surface area contributed by atoms with Crippen molar-refractivity contribution in [2.24, 2.45) is 0 Å². The molecule has 3 aromatic carbocycles. The molecule has 1 aliphatic heterocycles. The molecule has 1 atom stereocenters. The third-order valence-electron chi connectivity index (χ3n) is 5.53. The highest BCUT2D eigenvalue weighted by Gasteiger charge is 2.22. The van der Waals surface area contributed by atoms with Gasteiger partial charge in [-0.2, -0.15) is 0 Å². The SMILES string of the molecule is COc1cc(C)c(C(=O)NC(Cc2ccccc2)c2ccc3c(c2)OCCO3)cc1OC. The predicted molar refractivity (Wildman–Crippen MR) is 122 cm³/mol. The van der Waals surface area contributed by atoms with Crippen molar-refractivity contribution in [2.75, 3.05) is 27.4 Å². The first-order valence-electron chi connectivity index (χ1n) is 10.6. The molecule has 0 fully saturated rings. The molecule has 6 heteroatoms. The highest BCUT2D eigenvalue weighted by atomic mass is 16.6. The lowest BCUT2D eigenvalue weighted by atomic mass is 9.97. The minimum absolute atomic E-state index is 0.181. The zero-order valence-electron chi connectivity index (χ0n) is 18.5. The van der Waals surface area contributed by atoms with E-state index >= 15 is 0 Å². The zero-order chi connectivity index (χ0) is 22.5. The summed E-state index contributed by atoms with van der Waals surface area (Å²) in [6.45, 7) is 2.93. The number of amides is 1. The molecule has 166 valence electrons. The molecule has 0 spiro atoms. The van der Waals surface area contributed by atoms with Crippen LogP contribution in [0.5, 0.6) is 23.0 Å². The molecule has 1 unspecified atom stereocenters. The van der Waals surface area contributed by atoms with Gasteiger partial charge in [0.2, 0.25) is 0 Å². The van der Waals surface area contributed by atoms with E-state index in [0.717, 1.165) is 22.4 Å². The predicted octanol–water partition coefficient (Wildman–Crippen LogP) is 4.50. The number of nitrogens with one attached hydrogen (secondary N) is 1. The van der Waals surface area contributed by atoms with Gasteiger partial charge in [0.1, 0.15) is 13.2 Å². The van der Waals surface area contributed by atoms with E-state index in [-0.39, 0.29) is 11.9 Å². The van der Waals surface area contributed by atoms with Crippen molar-refractivity contribution < 1.29 is 23.7 Å². The van der Waals surface area contributed by atoms with Crippen LogP contribution >= 0.6 is 0 Å². The average Bonchev–Trinajstić information content (AvgIpc) is 2.83. The van der Waals surface area contributed by atoms with Crippen LogP contribution in [0, 0.1) is 6.92 Å². The largest absolute Gasteiger partial charge is 0.493 e. The number of fused-ring (bicyclic) bond motifs is 1. The molecule has 0 aliphatic carbocycles. The van der Waals surface area contributed by atoms with E-state index in [9.17, 15) is 4.79 Å². The van der Waals surface area contributed by atoms with Gasteiger partial charge in [0.15, 0.2) is 23.0 Å². The molecule has 1 aliphatic rings. The second-order valence-corrected chi connectivity index (χ2v) is 7.64. The molecule has 0 bridgehead atoms. The Morgan fingerprint density at radius 1 is 0.938 bits per heavy atom. The molecule has 32 heavy (non-hydrogen) atoms. The molecule has 4 rings (SSSR count). The third-order valence-corrected chi connectivity index (χ3v) is 5.53. The molecule has 1 N–H and O–H groups in total. The van der Waals surface area contributed by atoms with Crippen molar-refractivity contribution in [1.29, 1.82) is 0 Å². The maximum absolute atomic E-state index is 13.3. The fourth-order valence-electron chi connectivity index (χ4n) is 3.84. The van der Waals surface area contributed by atoms with Crippen LogP contribution in [0.3, 0.4) is 0 Å². The van der Waals surface area contributed by atoms with Gasteiger partial charge in [0.25, 0.3) is 5.91 Å². The van der Waals surface area contributed by atoms with Crippen LogP contribution in [-0.4, -0.2) is 33.3 Å². The van der Waals surface area contributed by atoms with Gasteiger partial charge in [-0.15, -0.1) is 0 Å². The summed E-state index contributed by atoms with van der Waals surface area (Å²) in [4.78, 5) is 13.3. The van der Waals surface area contributed by atoms with Crippen molar-refractivity contribution in [1.82, 2.24) is 5.32 Å². The van der Waals surface area contributed by atoms with Gasteiger partial charge < -0.3 is 24.3 Å². The van der Waals surface area contributed by atoms with E-state index in [2.05, 4.69) is 17.4 Å². The topological polar surface area (TPSA) is 66.0 Å². The fourth-order valence-corrected chi connectivity index (χ4v) is 3.84. The zero-order valence-corrected chi connectivity index (χ0v) is 18.5. The Kier molecular flexibility index (Phi) is 6.50. The number of carbonyl (C=O) groups excluding carboxylic acids is 1. The number of rotatable bonds is 7. The van der Waals surface area contributed by atoms with Crippen LogP contribution in [0.15, 0.2) is 60.7 Å². The van der Waals surface area contributed by atoms with E-state index in [1.165, 1.54) is 0 Å². The summed E-state index contributed by atoms with van der Waals surface area (Å²) in [5, 5.41) is 3.20. The molecular weight excluding hydrogens is 406 g/mol. The Morgan fingerprint density at radius 3 is 2.34 bits per heavy atom. The number of aryl methyl sites for hydroxylation is 1. The summed E-state index contributed by atoms with van der Waals surface area (Å²) in [6.07, 6.45) is 0.637. The Morgan fingerprint density at radius 2 is 1.62 bits per heavy atom. The number of ether oxygens (including phenoxy) is 4. The van der Waals surface area contributed by atoms with Crippen molar-refractivity contribution in [3.05, 3.63) is 82.9 Å². The first-order chi connectivity index (χ1) is 15.6. The normalized spacial score (nSPS) is 13.2. The van der Waals surface area contributed by atoms with Gasteiger partial charge in [-0.25, -0.2) is 0 Å². The van der Waals surface area contributed by atoms with E-state index in [4.69, 9.17) is 18.9 Å². The van der Waals surface area contributed by atoms with Crippen LogP contribution in [0.25, 0.3) is 0 Å². The summed E-state index contributed by atoms with van der Waals surface area (Å²) in [6, 6.07) is 19.2. The summed E-state index contributed by atoms with van der Waals surface area (Å²) in [5.41, 5.74) is 3.42. The van der Waals surface area contributed by atoms with Crippen molar-refractivity contribution in [3.8, 4) is 23.0 Å². The second kappa shape index (κ2) is 9.64. The van der Waals surface area contributed by atoms with Gasteiger partial charge in [-0.05, 0) is 54.3 Å². The minimum Gasteiger partial charge on any atom is -0.493 e. The maximum Gasteiger partial charge on any atom is 0.252 e. The molecule has 0 saturated heterocycles. The van der Waals surface area contributed by atoms with Crippen LogP contribution in [0.4, 0.5) is 0 Å². The Hall–Kier alpha value is -3.67. The summed E-state index contributed by atoms with van der Waals surface area (Å²) < 4.78 is 22.2. The van der Waals surface area contributed by atoms with Crippen molar-refractivity contribution >= 4 is 5.91 Å². The molecule has 1 amide bonds. The van der Waals surface area contributed by atoms with E-state index in [1.54, 1.807) is 20.3 Å². The fraction of sp³-hybridized carbons (Fsp3) is 0.269. The third kappa shape index (κ3) is 4.64. The Bertz CT molecular complexity index is 1100. The van der Waals surface area contributed by atoms with Crippen molar-refractivity contribution in [3.63, 3.8) is 0 Å². The highest BCUT2D eigenvalue weighted by molar-refractivity contribution is 5.96. The molecule has 1 heterocycles. The standard InChI is InChI=1S/C26H27NO5/c1-17-13-23(29-2)24(30-3)16-20(17)26(28)27-21(14-18-7-5-4-6-8-18)19-9-10-22-25(15-19)32-12-11-31-22/h4-10,13,15-16,21H,11-12,14H2,1-3H3,(H,27,28). The molecule has 0 saturated carbocycles. The van der Waals surface area contributed by atoms with Gasteiger partial charge >= 0.3 is 0 Å². The monoisotopic (exact) mass is 433 g/mol. The smallest absolute Gasteiger partial charge is 0.252 e. The second-order valence-electron chi connectivity index (χ2n) is 7.64. The molecule has 6 nitrogen and oxygen atoms in total. The lowest BCUT2D eigenvalue weighted by Crippen LogP contribution is -2.30. The highest BCUT2D eigenvalue weighted by Crippen LogP contribution is 2.34. The summed E-state index contributed by atoms with van der Waals surface area (Å²) in [7, 11) is 3.14. The Labute approximate surface area is 188 Å². The molecule has 3 aromatic rings. The lowest BCUT2D eigenvalue weighted by Gasteiger charge is -2.24. The number of benzene rings is 3. The van der Waals surface area contributed by atoms with Gasteiger partial charge in [0, 0.05) is 5.56 Å². The van der Waals surface area contributed by atoms with E-state index < -0.39 is 0 Å². The Balaban J connectivity index is 1.65. The van der Waals surface area contributed by atoms with Crippen LogP contribution < -0.4 is 24.3 Å². The number of hydrogen-bond acceptors (Lipinski definition) is 5. The number of methoxy groups -OCH3 is 2. The first kappa shape index (κ1) is 21.6. The quantitative estimate of drug-likeness (QED) is 0.594. The van der Waals surface area contributed by atoms with Crippen LogP contribution in [0.1, 0.15) is 33.1 Å². The van der Waals surface area contributed by atoms with Crippen LogP contribution in [0.2, 0.25) is 0 Å². The van der Waals surface area contributed by atoms with Gasteiger partial charge in [0.05, 0.1) is 20.3 Å². The molecule has 0 radical (unpaired) electrons. The van der Waals surface area contributed by atoms with Crippen LogP contribution in [-0.2, 0) is 6.42 Å². The maximum atomic E-state index is 13.3. The van der Waals surface area contributed by atoms with Gasteiger partial charge in [-0.1, -0.05) is 36.4 Å². The first-order valence-corrected chi connectivity index (χ1v) is 10.6.